The lowest BCUT2D eigenvalue weighted by Gasteiger charge is -2.09. The van der Waals surface area contributed by atoms with Crippen molar-refractivity contribution in [2.45, 2.75) is 12.6 Å². The third-order valence-electron chi connectivity index (χ3n) is 2.75. The molecule has 22 heavy (non-hydrogen) atoms. The van der Waals surface area contributed by atoms with Crippen LogP contribution in [0.5, 0.6) is 17.2 Å². The molecule has 0 radical (unpaired) electrons. The summed E-state index contributed by atoms with van der Waals surface area (Å²) in [4.78, 5) is 10.2. The minimum Gasteiger partial charge on any atom is -0.493 e. The molecule has 0 saturated heterocycles. The number of benzene rings is 2. The van der Waals surface area contributed by atoms with Gasteiger partial charge in [-0.15, -0.1) is 0 Å². The van der Waals surface area contributed by atoms with Crippen molar-refractivity contribution in [1.82, 2.24) is 0 Å². The third kappa shape index (κ3) is 4.51. The Bertz CT molecular complexity index is 604. The van der Waals surface area contributed by atoms with Gasteiger partial charge in [-0.3, -0.25) is 0 Å². The van der Waals surface area contributed by atoms with E-state index in [1.54, 1.807) is 24.3 Å². The van der Waals surface area contributed by atoms with Crippen LogP contribution in [-0.4, -0.2) is 12.9 Å². The average molecular weight is 310 g/mol. The normalized spacial score (nSPS) is 11.0. The van der Waals surface area contributed by atoms with Crippen molar-refractivity contribution in [2.24, 2.45) is 0 Å². The fraction of sp³-hybridized carbons (Fsp3) is 0.188. The second-order valence-electron chi connectivity index (χ2n) is 4.40. The van der Waals surface area contributed by atoms with Crippen LogP contribution in [0.15, 0.2) is 48.5 Å². The molecule has 3 nitrogen and oxygen atoms in total. The van der Waals surface area contributed by atoms with Gasteiger partial charge in [-0.2, -0.15) is 13.2 Å². The van der Waals surface area contributed by atoms with Crippen molar-refractivity contribution in [3.8, 4) is 17.2 Å². The third-order valence-corrected chi connectivity index (χ3v) is 2.75. The number of ether oxygens (including phenoxy) is 2. The fourth-order valence-corrected chi connectivity index (χ4v) is 1.68. The maximum atomic E-state index is 12.4. The Morgan fingerprint density at radius 1 is 0.864 bits per heavy atom. The van der Waals surface area contributed by atoms with Crippen LogP contribution in [0.4, 0.5) is 13.2 Å². The highest BCUT2D eigenvalue weighted by Crippen LogP contribution is 2.31. The van der Waals surface area contributed by atoms with E-state index in [2.05, 4.69) is 0 Å². The number of carbonyl (C=O) groups is 1. The van der Waals surface area contributed by atoms with Crippen LogP contribution in [0.2, 0.25) is 0 Å². The molecule has 0 heterocycles. The van der Waals surface area contributed by atoms with Crippen molar-refractivity contribution in [2.75, 3.05) is 6.61 Å². The monoisotopic (exact) mass is 310 g/mol. The van der Waals surface area contributed by atoms with E-state index in [9.17, 15) is 18.0 Å². The zero-order valence-electron chi connectivity index (χ0n) is 11.5. The Hall–Kier alpha value is -2.50. The summed E-state index contributed by atoms with van der Waals surface area (Å²) in [6.07, 6.45) is -3.29. The molecule has 0 N–H and O–H groups in total. The van der Waals surface area contributed by atoms with Crippen LogP contribution < -0.4 is 9.47 Å². The predicted molar refractivity (Wildman–Crippen MR) is 74.1 cm³/mol. The number of carbonyl (C=O) groups excluding carboxylic acids is 1. The van der Waals surface area contributed by atoms with Gasteiger partial charge in [0.05, 0.1) is 12.2 Å². The number of hydrogen-bond donors (Lipinski definition) is 0. The Balaban J connectivity index is 1.97. The van der Waals surface area contributed by atoms with E-state index in [-0.39, 0.29) is 0 Å². The van der Waals surface area contributed by atoms with Crippen molar-refractivity contribution in [1.29, 1.82) is 0 Å². The van der Waals surface area contributed by atoms with E-state index in [1.807, 2.05) is 0 Å². The summed E-state index contributed by atoms with van der Waals surface area (Å²) in [6.45, 7) is 0.294. The molecule has 0 aromatic heterocycles. The molecule has 0 fully saturated rings. The molecule has 0 aliphatic rings. The van der Waals surface area contributed by atoms with Crippen molar-refractivity contribution < 1.29 is 27.4 Å². The first-order valence-corrected chi connectivity index (χ1v) is 6.50. The van der Waals surface area contributed by atoms with Gasteiger partial charge >= 0.3 is 6.18 Å². The van der Waals surface area contributed by atoms with Crippen LogP contribution in [0, 0.1) is 0 Å². The van der Waals surface area contributed by atoms with Gasteiger partial charge in [-0.1, -0.05) is 0 Å². The van der Waals surface area contributed by atoms with Crippen LogP contribution in [0.1, 0.15) is 12.0 Å². The molecule has 0 aliphatic heterocycles. The summed E-state index contributed by atoms with van der Waals surface area (Å²) in [6, 6.07) is 11.0. The maximum Gasteiger partial charge on any atom is 0.416 e. The SMILES string of the molecule is O=CCCOc1ccc(Oc2ccc(C(F)(F)F)cc2)cc1. The largest absolute Gasteiger partial charge is 0.493 e. The molecule has 0 amide bonds. The second-order valence-corrected chi connectivity index (χ2v) is 4.40. The summed E-state index contributed by atoms with van der Waals surface area (Å²) in [5, 5.41) is 0. The molecular formula is C16H13F3O3. The highest BCUT2D eigenvalue weighted by molar-refractivity contribution is 5.49. The first kappa shape index (κ1) is 15.9. The molecule has 0 aliphatic carbocycles. The zero-order valence-corrected chi connectivity index (χ0v) is 11.5. The van der Waals surface area contributed by atoms with Crippen LogP contribution in [-0.2, 0) is 11.0 Å². The van der Waals surface area contributed by atoms with E-state index >= 15 is 0 Å². The first-order chi connectivity index (χ1) is 10.5. The lowest BCUT2D eigenvalue weighted by Crippen LogP contribution is -2.03. The summed E-state index contributed by atoms with van der Waals surface area (Å²) in [5.41, 5.74) is -0.723. The Kier molecular flexibility index (Phi) is 5.04. The molecule has 0 bridgehead atoms. The van der Waals surface area contributed by atoms with Crippen LogP contribution >= 0.6 is 0 Å². The van der Waals surface area contributed by atoms with Crippen LogP contribution in [0.3, 0.4) is 0 Å². The highest BCUT2D eigenvalue weighted by Gasteiger charge is 2.30. The molecule has 116 valence electrons. The van der Waals surface area contributed by atoms with Gasteiger partial charge in [-0.25, -0.2) is 0 Å². The molecule has 0 unspecified atom stereocenters. The van der Waals surface area contributed by atoms with Crippen molar-refractivity contribution in [3.63, 3.8) is 0 Å². The minimum atomic E-state index is -4.36. The van der Waals surface area contributed by atoms with E-state index in [1.165, 1.54) is 12.1 Å². The molecule has 6 heteroatoms. The number of alkyl halides is 3. The number of rotatable bonds is 6. The van der Waals surface area contributed by atoms with Crippen LogP contribution in [0.25, 0.3) is 0 Å². The molecule has 2 aromatic rings. The van der Waals surface area contributed by atoms with Gasteiger partial charge in [0.25, 0.3) is 0 Å². The van der Waals surface area contributed by atoms with Gasteiger partial charge in [0.1, 0.15) is 23.5 Å². The van der Waals surface area contributed by atoms with E-state index in [4.69, 9.17) is 9.47 Å². The molecule has 2 aromatic carbocycles. The zero-order chi connectivity index (χ0) is 16.0. The predicted octanol–water partition coefficient (Wildman–Crippen LogP) is 4.47. The smallest absolute Gasteiger partial charge is 0.416 e. The van der Waals surface area contributed by atoms with E-state index in [0.717, 1.165) is 18.4 Å². The Morgan fingerprint density at radius 2 is 1.36 bits per heavy atom. The minimum absolute atomic E-state index is 0.294. The molecule has 2 rings (SSSR count). The second kappa shape index (κ2) is 6.98. The summed E-state index contributed by atoms with van der Waals surface area (Å²) >= 11 is 0. The van der Waals surface area contributed by atoms with Gasteiger partial charge in [0.15, 0.2) is 0 Å². The van der Waals surface area contributed by atoms with E-state index in [0.29, 0.717) is 30.3 Å². The molecule has 0 spiro atoms. The Labute approximate surface area is 125 Å². The average Bonchev–Trinajstić information content (AvgIpc) is 2.49. The fourth-order valence-electron chi connectivity index (χ4n) is 1.68. The quantitative estimate of drug-likeness (QED) is 0.583. The highest BCUT2D eigenvalue weighted by atomic mass is 19.4. The maximum absolute atomic E-state index is 12.4. The number of halogens is 3. The Morgan fingerprint density at radius 3 is 1.86 bits per heavy atom. The van der Waals surface area contributed by atoms with E-state index < -0.39 is 11.7 Å². The van der Waals surface area contributed by atoms with Gasteiger partial charge in [0.2, 0.25) is 0 Å². The number of hydrogen-bond acceptors (Lipinski definition) is 3. The van der Waals surface area contributed by atoms with Gasteiger partial charge < -0.3 is 14.3 Å². The molecule has 0 atom stereocenters. The summed E-state index contributed by atoms with van der Waals surface area (Å²) in [7, 11) is 0. The molecule has 0 saturated carbocycles. The summed E-state index contributed by atoms with van der Waals surface area (Å²) in [5.74, 6) is 1.37. The standard InChI is InChI=1S/C16H13F3O3/c17-16(18,19)12-2-4-14(5-3-12)22-15-8-6-13(7-9-15)21-11-1-10-20/h2-10H,1,11H2. The van der Waals surface area contributed by atoms with Crippen molar-refractivity contribution in [3.05, 3.63) is 54.1 Å². The van der Waals surface area contributed by atoms with Gasteiger partial charge in [0, 0.05) is 6.42 Å². The lowest BCUT2D eigenvalue weighted by molar-refractivity contribution is -0.137. The lowest BCUT2D eigenvalue weighted by atomic mass is 10.2. The summed E-state index contributed by atoms with van der Waals surface area (Å²) < 4.78 is 48.1. The van der Waals surface area contributed by atoms with Gasteiger partial charge in [-0.05, 0) is 48.5 Å². The first-order valence-electron chi connectivity index (χ1n) is 6.50. The number of aldehydes is 1. The topological polar surface area (TPSA) is 35.5 Å². The van der Waals surface area contributed by atoms with Crippen molar-refractivity contribution >= 4 is 6.29 Å². The molecular weight excluding hydrogens is 297 g/mol.